The van der Waals surface area contributed by atoms with Gasteiger partial charge in [0, 0.05) is 11.6 Å². The minimum Gasteiger partial charge on any atom is -0.497 e. The SMILES string of the molecule is COc1cccc(-c2noc(Cn3ncc(Cl)cc3=O)n2)c1. The molecule has 3 aromatic rings. The smallest absolute Gasteiger partial charge is 0.268 e. The predicted octanol–water partition coefficient (Wildman–Crippen LogP) is 2.00. The molecule has 0 atom stereocenters. The first-order chi connectivity index (χ1) is 10.7. The maximum absolute atomic E-state index is 11.7. The minimum absolute atomic E-state index is 0.0764. The fourth-order valence-corrected chi connectivity index (χ4v) is 1.99. The molecule has 2 aromatic heterocycles. The number of nitrogens with zero attached hydrogens (tertiary/aromatic N) is 4. The summed E-state index contributed by atoms with van der Waals surface area (Å²) in [5.41, 5.74) is 0.416. The van der Waals surface area contributed by atoms with Crippen molar-refractivity contribution in [2.75, 3.05) is 7.11 Å². The maximum atomic E-state index is 11.7. The molecule has 112 valence electrons. The molecular formula is C14H11ClN4O3. The number of methoxy groups -OCH3 is 1. The molecule has 0 fully saturated rings. The Morgan fingerprint density at radius 1 is 1.36 bits per heavy atom. The van der Waals surface area contributed by atoms with E-state index in [1.54, 1.807) is 13.2 Å². The lowest BCUT2D eigenvalue weighted by atomic mass is 10.2. The van der Waals surface area contributed by atoms with E-state index >= 15 is 0 Å². The third kappa shape index (κ3) is 2.99. The third-order valence-corrected chi connectivity index (χ3v) is 3.12. The fraction of sp³-hybridized carbons (Fsp3) is 0.143. The first-order valence-corrected chi connectivity index (χ1v) is 6.73. The molecule has 3 rings (SSSR count). The van der Waals surface area contributed by atoms with Gasteiger partial charge in [-0.3, -0.25) is 4.79 Å². The quantitative estimate of drug-likeness (QED) is 0.731. The zero-order valence-corrected chi connectivity index (χ0v) is 12.3. The fourth-order valence-electron chi connectivity index (χ4n) is 1.86. The van der Waals surface area contributed by atoms with Gasteiger partial charge in [0.05, 0.1) is 18.3 Å². The second-order valence-corrected chi connectivity index (χ2v) is 4.85. The van der Waals surface area contributed by atoms with E-state index in [0.717, 1.165) is 5.56 Å². The Bertz CT molecular complexity index is 859. The van der Waals surface area contributed by atoms with Crippen LogP contribution >= 0.6 is 11.6 Å². The van der Waals surface area contributed by atoms with Gasteiger partial charge >= 0.3 is 0 Å². The van der Waals surface area contributed by atoms with Crippen LogP contribution in [0.1, 0.15) is 5.89 Å². The first kappa shape index (κ1) is 14.3. The van der Waals surface area contributed by atoms with E-state index in [2.05, 4.69) is 15.2 Å². The number of aromatic nitrogens is 4. The zero-order valence-electron chi connectivity index (χ0n) is 11.6. The van der Waals surface area contributed by atoms with Gasteiger partial charge < -0.3 is 9.26 Å². The van der Waals surface area contributed by atoms with Crippen LogP contribution in [-0.2, 0) is 6.54 Å². The molecule has 0 aliphatic rings. The van der Waals surface area contributed by atoms with Gasteiger partial charge in [0.15, 0.2) is 0 Å². The number of benzene rings is 1. The Morgan fingerprint density at radius 3 is 3.00 bits per heavy atom. The standard InChI is InChI=1S/C14H11ClN4O3/c1-21-11-4-2-3-9(5-11)14-17-12(22-18-14)8-19-13(20)6-10(15)7-16-19/h2-7H,8H2,1H3. The van der Waals surface area contributed by atoms with Crippen molar-refractivity contribution in [1.82, 2.24) is 19.9 Å². The highest BCUT2D eigenvalue weighted by atomic mass is 35.5. The van der Waals surface area contributed by atoms with E-state index < -0.39 is 0 Å². The molecule has 0 aliphatic carbocycles. The topological polar surface area (TPSA) is 83.0 Å². The summed E-state index contributed by atoms with van der Waals surface area (Å²) < 4.78 is 11.5. The zero-order chi connectivity index (χ0) is 15.5. The molecule has 0 saturated heterocycles. The van der Waals surface area contributed by atoms with Crippen LogP contribution in [-0.4, -0.2) is 27.0 Å². The van der Waals surface area contributed by atoms with Gasteiger partial charge in [-0.2, -0.15) is 10.1 Å². The van der Waals surface area contributed by atoms with E-state index in [1.165, 1.54) is 16.9 Å². The molecule has 8 heteroatoms. The number of ether oxygens (including phenoxy) is 1. The van der Waals surface area contributed by atoms with Crippen LogP contribution in [0.2, 0.25) is 5.02 Å². The molecule has 0 bridgehead atoms. The molecule has 0 saturated carbocycles. The number of halogens is 1. The minimum atomic E-state index is -0.339. The van der Waals surface area contributed by atoms with E-state index in [-0.39, 0.29) is 23.0 Å². The summed E-state index contributed by atoms with van der Waals surface area (Å²) in [7, 11) is 1.58. The molecule has 0 radical (unpaired) electrons. The van der Waals surface area contributed by atoms with E-state index in [0.29, 0.717) is 11.6 Å². The van der Waals surface area contributed by atoms with Crippen molar-refractivity contribution in [2.45, 2.75) is 6.54 Å². The molecule has 0 amide bonds. The van der Waals surface area contributed by atoms with E-state index in [9.17, 15) is 4.79 Å². The summed E-state index contributed by atoms with van der Waals surface area (Å²) in [5, 5.41) is 8.08. The van der Waals surface area contributed by atoms with Crippen molar-refractivity contribution < 1.29 is 9.26 Å². The molecule has 22 heavy (non-hydrogen) atoms. The Labute approximate surface area is 130 Å². The summed E-state index contributed by atoms with van der Waals surface area (Å²) in [4.78, 5) is 16.0. The van der Waals surface area contributed by atoms with Crippen molar-refractivity contribution >= 4 is 11.6 Å². The second kappa shape index (κ2) is 5.98. The van der Waals surface area contributed by atoms with Crippen molar-refractivity contribution in [1.29, 1.82) is 0 Å². The van der Waals surface area contributed by atoms with Crippen LogP contribution in [0.25, 0.3) is 11.4 Å². The third-order valence-electron chi connectivity index (χ3n) is 2.92. The van der Waals surface area contributed by atoms with E-state index in [4.69, 9.17) is 20.9 Å². The average Bonchev–Trinajstić information content (AvgIpc) is 2.99. The van der Waals surface area contributed by atoms with Crippen LogP contribution < -0.4 is 10.3 Å². The monoisotopic (exact) mass is 318 g/mol. The Kier molecular flexibility index (Phi) is 3.88. The van der Waals surface area contributed by atoms with Crippen molar-refractivity contribution in [3.63, 3.8) is 0 Å². The number of hydrogen-bond donors (Lipinski definition) is 0. The van der Waals surface area contributed by atoms with Crippen LogP contribution in [0.4, 0.5) is 0 Å². The van der Waals surface area contributed by atoms with Gasteiger partial charge in [-0.1, -0.05) is 28.9 Å². The lowest BCUT2D eigenvalue weighted by Crippen LogP contribution is -2.22. The van der Waals surface area contributed by atoms with Crippen LogP contribution in [0, 0.1) is 0 Å². The normalized spacial score (nSPS) is 10.6. The Hall–Kier alpha value is -2.67. The van der Waals surface area contributed by atoms with Crippen molar-refractivity contribution in [2.24, 2.45) is 0 Å². The van der Waals surface area contributed by atoms with Crippen LogP contribution in [0.3, 0.4) is 0 Å². The molecular weight excluding hydrogens is 308 g/mol. The first-order valence-electron chi connectivity index (χ1n) is 6.35. The molecule has 0 N–H and O–H groups in total. The molecule has 0 aliphatic heterocycles. The number of rotatable bonds is 4. The van der Waals surface area contributed by atoms with E-state index in [1.807, 2.05) is 18.2 Å². The van der Waals surface area contributed by atoms with Crippen LogP contribution in [0.5, 0.6) is 5.75 Å². The van der Waals surface area contributed by atoms with Crippen LogP contribution in [0.15, 0.2) is 45.8 Å². The molecule has 2 heterocycles. The van der Waals surface area contributed by atoms with Gasteiger partial charge in [-0.15, -0.1) is 0 Å². The average molecular weight is 319 g/mol. The largest absolute Gasteiger partial charge is 0.497 e. The van der Waals surface area contributed by atoms with Crippen molar-refractivity contribution in [3.8, 4) is 17.1 Å². The molecule has 1 aromatic carbocycles. The van der Waals surface area contributed by atoms with Crippen molar-refractivity contribution in [3.05, 3.63) is 57.8 Å². The lowest BCUT2D eigenvalue weighted by Gasteiger charge is -2.00. The van der Waals surface area contributed by atoms with Gasteiger partial charge in [-0.25, -0.2) is 4.68 Å². The predicted molar refractivity (Wildman–Crippen MR) is 78.9 cm³/mol. The summed E-state index contributed by atoms with van der Waals surface area (Å²) in [6.07, 6.45) is 1.38. The summed E-state index contributed by atoms with van der Waals surface area (Å²) in [6.45, 7) is 0.0764. The molecule has 7 nitrogen and oxygen atoms in total. The Balaban J connectivity index is 1.85. The van der Waals surface area contributed by atoms with Gasteiger partial charge in [0.1, 0.15) is 12.3 Å². The number of hydrogen-bond acceptors (Lipinski definition) is 6. The maximum Gasteiger partial charge on any atom is 0.268 e. The highest BCUT2D eigenvalue weighted by Crippen LogP contribution is 2.21. The Morgan fingerprint density at radius 2 is 2.23 bits per heavy atom. The highest BCUT2D eigenvalue weighted by Gasteiger charge is 2.11. The summed E-state index contributed by atoms with van der Waals surface area (Å²) >= 11 is 5.69. The lowest BCUT2D eigenvalue weighted by molar-refractivity contribution is 0.363. The van der Waals surface area contributed by atoms with Gasteiger partial charge in [0.2, 0.25) is 11.7 Å². The van der Waals surface area contributed by atoms with Gasteiger partial charge in [-0.05, 0) is 12.1 Å². The molecule has 0 unspecified atom stereocenters. The second-order valence-electron chi connectivity index (χ2n) is 4.41. The summed E-state index contributed by atoms with van der Waals surface area (Å²) in [6, 6.07) is 8.55. The van der Waals surface area contributed by atoms with Gasteiger partial charge in [0.25, 0.3) is 5.56 Å². The highest BCUT2D eigenvalue weighted by molar-refractivity contribution is 6.30. The summed E-state index contributed by atoms with van der Waals surface area (Å²) in [5.74, 6) is 1.38. The molecule has 0 spiro atoms.